The molecule has 12 heteroatoms. The molecule has 3 atom stereocenters. The Bertz CT molecular complexity index is 2080. The maximum absolute atomic E-state index is 14.2. The van der Waals surface area contributed by atoms with Crippen molar-refractivity contribution < 1.29 is 28.3 Å². The first-order valence-electron chi connectivity index (χ1n) is 21.3. The van der Waals surface area contributed by atoms with Gasteiger partial charge in [-0.15, -0.1) is 0 Å². The molecule has 0 spiro atoms. The summed E-state index contributed by atoms with van der Waals surface area (Å²) in [4.78, 5) is 61.7. The fourth-order valence-corrected chi connectivity index (χ4v) is 8.53. The molecular weight excluding hydrogens is 760 g/mol. The summed E-state index contributed by atoms with van der Waals surface area (Å²) in [5.41, 5.74) is 4.38. The molecule has 0 bridgehead atoms. The van der Waals surface area contributed by atoms with Crippen molar-refractivity contribution in [1.82, 2.24) is 14.7 Å². The van der Waals surface area contributed by atoms with Crippen LogP contribution in [0.4, 0.5) is 26.2 Å². The Kier molecular flexibility index (Phi) is 13.5. The highest BCUT2D eigenvalue weighted by Gasteiger charge is 2.40. The van der Waals surface area contributed by atoms with E-state index in [0.717, 1.165) is 61.2 Å². The molecule has 3 aliphatic rings. The maximum Gasteiger partial charge on any atom is 0.410 e. The molecule has 7 rings (SSSR count). The van der Waals surface area contributed by atoms with Crippen molar-refractivity contribution >= 4 is 40.9 Å². The molecule has 0 radical (unpaired) electrons. The van der Waals surface area contributed by atoms with E-state index in [1.807, 2.05) is 78.9 Å². The molecular formula is C48H57FN6O5. The Morgan fingerprint density at radius 1 is 0.667 bits per heavy atom. The summed E-state index contributed by atoms with van der Waals surface area (Å²) in [5, 5.41) is 6.05. The molecule has 4 aromatic carbocycles. The number of hydrogen-bond donors (Lipinski definition) is 2. The monoisotopic (exact) mass is 816 g/mol. The van der Waals surface area contributed by atoms with Gasteiger partial charge in [0.2, 0.25) is 17.7 Å². The first-order valence-corrected chi connectivity index (χ1v) is 21.3. The number of hydrogen-bond acceptors (Lipinski definition) is 7. The van der Waals surface area contributed by atoms with Gasteiger partial charge in [-0.3, -0.25) is 24.2 Å². The zero-order chi connectivity index (χ0) is 42.2. The van der Waals surface area contributed by atoms with E-state index in [0.29, 0.717) is 50.4 Å². The summed E-state index contributed by atoms with van der Waals surface area (Å²) in [6, 6.07) is 30.0. The lowest BCUT2D eigenvalue weighted by molar-refractivity contribution is -0.142. The summed E-state index contributed by atoms with van der Waals surface area (Å²) in [5.74, 6) is -0.768. The van der Waals surface area contributed by atoms with Gasteiger partial charge in [0.25, 0.3) is 0 Å². The van der Waals surface area contributed by atoms with E-state index >= 15 is 0 Å². The molecule has 0 aromatic heterocycles. The predicted molar refractivity (Wildman–Crippen MR) is 232 cm³/mol. The molecule has 3 saturated heterocycles. The van der Waals surface area contributed by atoms with E-state index in [2.05, 4.69) is 20.4 Å². The van der Waals surface area contributed by atoms with E-state index in [1.165, 1.54) is 23.5 Å². The fourth-order valence-electron chi connectivity index (χ4n) is 8.53. The van der Waals surface area contributed by atoms with Crippen molar-refractivity contribution in [3.05, 3.63) is 126 Å². The van der Waals surface area contributed by atoms with Gasteiger partial charge in [-0.25, -0.2) is 9.18 Å². The average molecular weight is 817 g/mol. The summed E-state index contributed by atoms with van der Waals surface area (Å²) < 4.78 is 19.5. The van der Waals surface area contributed by atoms with Crippen molar-refractivity contribution in [3.63, 3.8) is 0 Å². The number of carbonyl (C=O) groups is 4. The normalized spacial score (nSPS) is 18.8. The van der Waals surface area contributed by atoms with Crippen LogP contribution in [0.1, 0.15) is 88.4 Å². The first kappa shape index (κ1) is 42.4. The van der Waals surface area contributed by atoms with Gasteiger partial charge in [0, 0.05) is 43.2 Å². The minimum atomic E-state index is -0.652. The van der Waals surface area contributed by atoms with Crippen LogP contribution in [0.2, 0.25) is 0 Å². The second kappa shape index (κ2) is 19.1. The Hall–Kier alpha value is -5.75. The standard InChI is InChI=1S/C48H57FN6O5/c1-48(2,3)60-47(59)55-31-11-15-42(55)45(57)51-39-24-18-35(19-25-39)33-53(40-26-20-37(49)21-27-40)32-34-16-22-38(23-17-34)50-44(56)41-14-10-30-54(41)46(58)43(36-12-6-4-7-13-36)52-28-8-5-9-29-52/h4,6-7,12-13,16-27,41-43H,5,8-11,14-15,28-33H2,1-3H3,(H,50,56)(H,51,57)/t41-,42?,43+/m0/s1. The number of amides is 4. The molecule has 316 valence electrons. The Balaban J connectivity index is 0.983. The number of carbonyl (C=O) groups excluding carboxylic acids is 4. The van der Waals surface area contributed by atoms with Crippen LogP contribution in [-0.2, 0) is 32.2 Å². The molecule has 60 heavy (non-hydrogen) atoms. The SMILES string of the molecule is CC(C)(C)OC(=O)N1CCCC1C(=O)Nc1ccc(CN(Cc2ccc(NC(=O)[C@@H]3CCCN3C(=O)[C@@H](c3ccccc3)N3CCCCC3)cc2)c2ccc(F)cc2)cc1. The third kappa shape index (κ3) is 10.7. The Morgan fingerprint density at radius 2 is 1.18 bits per heavy atom. The lowest BCUT2D eigenvalue weighted by Crippen LogP contribution is -2.49. The minimum absolute atomic E-state index is 0.00733. The molecule has 3 heterocycles. The number of likely N-dealkylation sites (tertiary alicyclic amines) is 3. The molecule has 2 N–H and O–H groups in total. The molecule has 1 unspecified atom stereocenters. The minimum Gasteiger partial charge on any atom is -0.444 e. The average Bonchev–Trinajstić information content (AvgIpc) is 3.95. The van der Waals surface area contributed by atoms with Crippen LogP contribution >= 0.6 is 0 Å². The van der Waals surface area contributed by atoms with Gasteiger partial charge in [-0.2, -0.15) is 0 Å². The molecule has 3 fully saturated rings. The second-order valence-corrected chi connectivity index (χ2v) is 17.1. The first-order chi connectivity index (χ1) is 28.9. The topological polar surface area (TPSA) is 115 Å². The molecule has 4 aromatic rings. The number of piperidine rings is 1. The number of nitrogens with zero attached hydrogens (tertiary/aromatic N) is 4. The lowest BCUT2D eigenvalue weighted by atomic mass is 10.00. The number of anilines is 3. The summed E-state index contributed by atoms with van der Waals surface area (Å²) in [6.45, 7) is 9.18. The highest BCUT2D eigenvalue weighted by Crippen LogP contribution is 2.31. The quantitative estimate of drug-likeness (QED) is 0.147. The van der Waals surface area contributed by atoms with Crippen LogP contribution < -0.4 is 15.5 Å². The van der Waals surface area contributed by atoms with E-state index in [9.17, 15) is 23.6 Å². The number of benzene rings is 4. The van der Waals surface area contributed by atoms with Crippen molar-refractivity contribution in [2.24, 2.45) is 0 Å². The molecule has 0 saturated carbocycles. The largest absolute Gasteiger partial charge is 0.444 e. The van der Waals surface area contributed by atoms with Gasteiger partial charge < -0.3 is 25.2 Å². The van der Waals surface area contributed by atoms with E-state index in [4.69, 9.17) is 4.74 Å². The summed E-state index contributed by atoms with van der Waals surface area (Å²) >= 11 is 0. The molecule has 4 amide bonds. The van der Waals surface area contributed by atoms with Gasteiger partial charge in [0.15, 0.2) is 0 Å². The fraction of sp³-hybridized carbons (Fsp3) is 0.417. The molecule has 0 aliphatic carbocycles. The molecule has 3 aliphatic heterocycles. The van der Waals surface area contributed by atoms with Gasteiger partial charge in [0.1, 0.15) is 29.5 Å². The Morgan fingerprint density at radius 3 is 1.72 bits per heavy atom. The number of nitrogens with one attached hydrogen (secondary N) is 2. The smallest absolute Gasteiger partial charge is 0.410 e. The van der Waals surface area contributed by atoms with E-state index < -0.39 is 29.8 Å². The zero-order valence-corrected chi connectivity index (χ0v) is 34.9. The predicted octanol–water partition coefficient (Wildman–Crippen LogP) is 8.53. The van der Waals surface area contributed by atoms with Crippen LogP contribution in [0, 0.1) is 5.82 Å². The highest BCUT2D eigenvalue weighted by atomic mass is 19.1. The number of halogens is 1. The van der Waals surface area contributed by atoms with Crippen LogP contribution in [0.5, 0.6) is 0 Å². The zero-order valence-electron chi connectivity index (χ0n) is 34.9. The van der Waals surface area contributed by atoms with Crippen molar-refractivity contribution in [2.45, 2.75) is 103 Å². The van der Waals surface area contributed by atoms with Gasteiger partial charge in [0.05, 0.1) is 0 Å². The van der Waals surface area contributed by atoms with Gasteiger partial charge >= 0.3 is 6.09 Å². The van der Waals surface area contributed by atoms with Gasteiger partial charge in [-0.1, -0.05) is 61.0 Å². The van der Waals surface area contributed by atoms with Crippen LogP contribution in [0.3, 0.4) is 0 Å². The van der Waals surface area contributed by atoms with Crippen molar-refractivity contribution in [2.75, 3.05) is 41.7 Å². The molecule has 11 nitrogen and oxygen atoms in total. The lowest BCUT2D eigenvalue weighted by Gasteiger charge is -2.37. The van der Waals surface area contributed by atoms with Crippen molar-refractivity contribution in [1.29, 1.82) is 0 Å². The van der Waals surface area contributed by atoms with Crippen molar-refractivity contribution in [3.8, 4) is 0 Å². The van der Waals surface area contributed by atoms with Crippen LogP contribution in [-0.4, -0.2) is 82.4 Å². The van der Waals surface area contributed by atoms with E-state index in [1.54, 1.807) is 37.8 Å². The van der Waals surface area contributed by atoms with Gasteiger partial charge in [-0.05, 0) is 138 Å². The summed E-state index contributed by atoms with van der Waals surface area (Å²) in [6.07, 6.45) is 5.49. The number of ether oxygens (including phenoxy) is 1. The maximum atomic E-state index is 14.2. The Labute approximate surface area is 352 Å². The summed E-state index contributed by atoms with van der Waals surface area (Å²) in [7, 11) is 0. The van der Waals surface area contributed by atoms with Crippen LogP contribution in [0.25, 0.3) is 0 Å². The number of rotatable bonds is 12. The second-order valence-electron chi connectivity index (χ2n) is 17.1. The van der Waals surface area contributed by atoms with Crippen LogP contribution in [0.15, 0.2) is 103 Å². The third-order valence-corrected chi connectivity index (χ3v) is 11.5. The third-order valence-electron chi connectivity index (χ3n) is 11.5. The highest BCUT2D eigenvalue weighted by molar-refractivity contribution is 5.98. The van der Waals surface area contributed by atoms with E-state index in [-0.39, 0.29) is 23.5 Å².